The molecule has 1 aromatic carbocycles. The number of nitrogens with one attached hydrogen (secondary N) is 1. The highest BCUT2D eigenvalue weighted by Gasteiger charge is 2.24. The average molecular weight is 309 g/mol. The number of aromatic hydroxyl groups is 1. The molecule has 1 rings (SSSR count). The number of rotatable bonds is 5. The first-order valence-electron chi connectivity index (χ1n) is 7.55. The summed E-state index contributed by atoms with van der Waals surface area (Å²) in [5.41, 5.74) is 1.41. The van der Waals surface area contributed by atoms with E-state index < -0.39 is 12.1 Å². The zero-order valence-electron chi connectivity index (χ0n) is 14.0. The SMILES string of the molecule is CCC(O)C(CO)NC(=O)c1cc(C)c(O)c(C(C)(C)C)c1. The first kappa shape index (κ1) is 18.5. The maximum Gasteiger partial charge on any atom is 0.251 e. The Morgan fingerprint density at radius 3 is 2.36 bits per heavy atom. The highest BCUT2D eigenvalue weighted by Crippen LogP contribution is 2.34. The third kappa shape index (κ3) is 4.21. The highest BCUT2D eigenvalue weighted by atomic mass is 16.3. The van der Waals surface area contributed by atoms with Gasteiger partial charge in [-0.3, -0.25) is 4.79 Å². The number of hydrogen-bond donors (Lipinski definition) is 4. The summed E-state index contributed by atoms with van der Waals surface area (Å²) in [7, 11) is 0. The van der Waals surface area contributed by atoms with E-state index in [1.165, 1.54) is 0 Å². The predicted molar refractivity (Wildman–Crippen MR) is 86.2 cm³/mol. The van der Waals surface area contributed by atoms with Crippen LogP contribution in [0, 0.1) is 6.92 Å². The Bertz CT molecular complexity index is 534. The summed E-state index contributed by atoms with van der Waals surface area (Å²) in [6, 6.07) is 2.56. The van der Waals surface area contributed by atoms with Gasteiger partial charge in [0.1, 0.15) is 5.75 Å². The Morgan fingerprint density at radius 1 is 1.32 bits per heavy atom. The number of hydrogen-bond acceptors (Lipinski definition) is 4. The summed E-state index contributed by atoms with van der Waals surface area (Å²) in [6.07, 6.45) is -0.359. The van der Waals surface area contributed by atoms with Gasteiger partial charge in [-0.25, -0.2) is 0 Å². The molecular formula is C17H27NO4. The molecule has 1 amide bonds. The largest absolute Gasteiger partial charge is 0.507 e. The van der Waals surface area contributed by atoms with E-state index in [0.717, 1.165) is 0 Å². The monoisotopic (exact) mass is 309 g/mol. The Kier molecular flexibility index (Phi) is 5.97. The number of carbonyl (C=O) groups is 1. The summed E-state index contributed by atoms with van der Waals surface area (Å²) >= 11 is 0. The van der Waals surface area contributed by atoms with Crippen molar-refractivity contribution >= 4 is 5.91 Å². The van der Waals surface area contributed by atoms with Crippen molar-refractivity contribution in [2.75, 3.05) is 6.61 Å². The topological polar surface area (TPSA) is 89.8 Å². The van der Waals surface area contributed by atoms with Gasteiger partial charge in [0.05, 0.1) is 18.8 Å². The van der Waals surface area contributed by atoms with Crippen LogP contribution in [0.4, 0.5) is 0 Å². The lowest BCUT2D eigenvalue weighted by molar-refractivity contribution is 0.0691. The second-order valence-corrected chi connectivity index (χ2v) is 6.68. The van der Waals surface area contributed by atoms with Crippen LogP contribution in [-0.2, 0) is 5.41 Å². The third-order valence-electron chi connectivity index (χ3n) is 3.77. The molecule has 2 atom stereocenters. The van der Waals surface area contributed by atoms with Crippen LogP contribution in [0.25, 0.3) is 0 Å². The van der Waals surface area contributed by atoms with Gasteiger partial charge in [0.25, 0.3) is 5.91 Å². The fourth-order valence-electron chi connectivity index (χ4n) is 2.28. The van der Waals surface area contributed by atoms with Crippen molar-refractivity contribution in [3.63, 3.8) is 0 Å². The summed E-state index contributed by atoms with van der Waals surface area (Å²) < 4.78 is 0. The molecule has 0 saturated carbocycles. The van der Waals surface area contributed by atoms with E-state index in [2.05, 4.69) is 5.32 Å². The molecule has 124 valence electrons. The van der Waals surface area contributed by atoms with Crippen LogP contribution in [0.15, 0.2) is 12.1 Å². The molecule has 0 radical (unpaired) electrons. The maximum atomic E-state index is 12.4. The van der Waals surface area contributed by atoms with Crippen molar-refractivity contribution in [2.45, 2.75) is 58.6 Å². The second-order valence-electron chi connectivity index (χ2n) is 6.68. The molecule has 0 bridgehead atoms. The fraction of sp³-hybridized carbons (Fsp3) is 0.588. The van der Waals surface area contributed by atoms with Crippen molar-refractivity contribution in [1.29, 1.82) is 0 Å². The van der Waals surface area contributed by atoms with Gasteiger partial charge in [-0.2, -0.15) is 0 Å². The van der Waals surface area contributed by atoms with Crippen LogP contribution in [0.1, 0.15) is 55.6 Å². The number of amides is 1. The van der Waals surface area contributed by atoms with Crippen LogP contribution in [0.2, 0.25) is 0 Å². The maximum absolute atomic E-state index is 12.4. The van der Waals surface area contributed by atoms with Crippen LogP contribution in [0.3, 0.4) is 0 Å². The molecule has 0 aliphatic carbocycles. The fourth-order valence-corrected chi connectivity index (χ4v) is 2.28. The molecule has 5 nitrogen and oxygen atoms in total. The highest BCUT2D eigenvalue weighted by molar-refractivity contribution is 5.95. The quantitative estimate of drug-likeness (QED) is 0.668. The standard InChI is InChI=1S/C17H27NO4/c1-6-14(20)13(9-19)18-16(22)11-7-10(2)15(21)12(8-11)17(3,4)5/h7-8,13-14,19-21H,6,9H2,1-5H3,(H,18,22). The van der Waals surface area contributed by atoms with Crippen molar-refractivity contribution < 1.29 is 20.1 Å². The zero-order valence-corrected chi connectivity index (χ0v) is 14.0. The van der Waals surface area contributed by atoms with Gasteiger partial charge in [-0.1, -0.05) is 27.7 Å². The van der Waals surface area contributed by atoms with E-state index in [9.17, 15) is 20.1 Å². The van der Waals surface area contributed by atoms with E-state index in [1.54, 1.807) is 26.0 Å². The molecule has 0 saturated heterocycles. The van der Waals surface area contributed by atoms with E-state index in [1.807, 2.05) is 20.8 Å². The van der Waals surface area contributed by atoms with E-state index >= 15 is 0 Å². The lowest BCUT2D eigenvalue weighted by Crippen LogP contribution is -2.45. The van der Waals surface area contributed by atoms with Crippen molar-refractivity contribution in [3.05, 3.63) is 28.8 Å². The first-order valence-corrected chi connectivity index (χ1v) is 7.55. The molecule has 22 heavy (non-hydrogen) atoms. The zero-order chi connectivity index (χ0) is 17.1. The predicted octanol–water partition coefficient (Wildman–Crippen LogP) is 1.86. The number of aryl methyl sites for hydroxylation is 1. The van der Waals surface area contributed by atoms with Gasteiger partial charge in [-0.05, 0) is 36.5 Å². The lowest BCUT2D eigenvalue weighted by atomic mass is 9.84. The van der Waals surface area contributed by atoms with Crippen LogP contribution < -0.4 is 5.32 Å². The lowest BCUT2D eigenvalue weighted by Gasteiger charge is -2.24. The van der Waals surface area contributed by atoms with E-state index in [-0.39, 0.29) is 23.7 Å². The number of aliphatic hydroxyl groups excluding tert-OH is 2. The molecule has 2 unspecified atom stereocenters. The number of benzene rings is 1. The van der Waals surface area contributed by atoms with E-state index in [4.69, 9.17) is 0 Å². The Balaban J connectivity index is 3.11. The number of aliphatic hydroxyl groups is 2. The van der Waals surface area contributed by atoms with E-state index in [0.29, 0.717) is 23.1 Å². The molecule has 0 heterocycles. The number of phenolic OH excluding ortho intramolecular Hbond substituents is 1. The molecular weight excluding hydrogens is 282 g/mol. The molecule has 0 aromatic heterocycles. The van der Waals surface area contributed by atoms with Gasteiger partial charge < -0.3 is 20.6 Å². The number of phenols is 1. The summed E-state index contributed by atoms with van der Waals surface area (Å²) in [5, 5.41) is 31.9. The van der Waals surface area contributed by atoms with Crippen LogP contribution >= 0.6 is 0 Å². The second kappa shape index (κ2) is 7.11. The molecule has 0 aliphatic heterocycles. The van der Waals surface area contributed by atoms with Gasteiger partial charge in [0.15, 0.2) is 0 Å². The van der Waals surface area contributed by atoms with Crippen molar-refractivity contribution in [1.82, 2.24) is 5.32 Å². The summed E-state index contributed by atoms with van der Waals surface area (Å²) in [4.78, 5) is 12.4. The molecule has 1 aromatic rings. The molecule has 5 heteroatoms. The van der Waals surface area contributed by atoms with Crippen molar-refractivity contribution in [2.24, 2.45) is 0 Å². The van der Waals surface area contributed by atoms with Gasteiger partial charge in [0, 0.05) is 11.1 Å². The normalized spacial score (nSPS) is 14.5. The average Bonchev–Trinajstić information content (AvgIpc) is 2.44. The van der Waals surface area contributed by atoms with Gasteiger partial charge in [-0.15, -0.1) is 0 Å². The summed E-state index contributed by atoms with van der Waals surface area (Å²) in [6.45, 7) is 9.07. The summed E-state index contributed by atoms with van der Waals surface area (Å²) in [5.74, 6) is -0.184. The minimum absolute atomic E-state index is 0.191. The first-order chi connectivity index (χ1) is 10.1. The molecule has 0 aliphatic rings. The Labute approximate surface area is 132 Å². The Hall–Kier alpha value is -1.59. The molecule has 0 spiro atoms. The van der Waals surface area contributed by atoms with Gasteiger partial charge in [0.2, 0.25) is 0 Å². The Morgan fingerprint density at radius 2 is 1.91 bits per heavy atom. The van der Waals surface area contributed by atoms with Crippen molar-refractivity contribution in [3.8, 4) is 5.75 Å². The number of carbonyl (C=O) groups excluding carboxylic acids is 1. The molecule has 0 fully saturated rings. The van der Waals surface area contributed by atoms with Gasteiger partial charge >= 0.3 is 0 Å². The third-order valence-corrected chi connectivity index (χ3v) is 3.77. The van der Waals surface area contributed by atoms with Crippen LogP contribution in [0.5, 0.6) is 5.75 Å². The smallest absolute Gasteiger partial charge is 0.251 e. The minimum atomic E-state index is -0.797. The molecule has 4 N–H and O–H groups in total. The van der Waals surface area contributed by atoms with Crippen LogP contribution in [-0.4, -0.2) is 40.0 Å². The minimum Gasteiger partial charge on any atom is -0.507 e.